The summed E-state index contributed by atoms with van der Waals surface area (Å²) in [6, 6.07) is 17.7. The van der Waals surface area contributed by atoms with Crippen molar-refractivity contribution in [2.75, 3.05) is 20.3 Å². The second kappa shape index (κ2) is 11.0. The third-order valence-electron chi connectivity index (χ3n) is 6.36. The first kappa shape index (κ1) is 24.8. The van der Waals surface area contributed by atoms with E-state index in [0.29, 0.717) is 32.8 Å². The van der Waals surface area contributed by atoms with Crippen LogP contribution in [-0.2, 0) is 41.7 Å². The number of methoxy groups -OCH3 is 1. The second-order valence-corrected chi connectivity index (χ2v) is 9.32. The molecule has 4 rings (SSSR count). The van der Waals surface area contributed by atoms with Crippen LogP contribution in [0.4, 0.5) is 0 Å². The molecule has 4 atom stereocenters. The highest BCUT2D eigenvalue weighted by atomic mass is 16.7. The van der Waals surface area contributed by atoms with Gasteiger partial charge >= 0.3 is 0 Å². The van der Waals surface area contributed by atoms with Crippen molar-refractivity contribution in [3.05, 3.63) is 65.7 Å². The van der Waals surface area contributed by atoms with E-state index in [4.69, 9.17) is 28.4 Å². The van der Waals surface area contributed by atoms with Crippen molar-refractivity contribution in [1.82, 2.24) is 0 Å². The topological polar surface area (TPSA) is 72.5 Å². The predicted octanol–water partition coefficient (Wildman–Crippen LogP) is 4.07. The average molecular weight is 471 g/mol. The largest absolute Gasteiger partial charge is 0.497 e. The van der Waals surface area contributed by atoms with Crippen LogP contribution in [0.1, 0.15) is 37.8 Å². The molecule has 7 heteroatoms. The van der Waals surface area contributed by atoms with Gasteiger partial charge in [0.1, 0.15) is 29.8 Å². The molecular formula is C27H34O7. The SMILES string of the molecule is COc1ccc(COC2C(OCc3ccccc3)COC2(CC=O)CC2COC(C)(C)O2)cc1. The van der Waals surface area contributed by atoms with Gasteiger partial charge in [-0.15, -0.1) is 0 Å². The van der Waals surface area contributed by atoms with Gasteiger partial charge in [-0.05, 0) is 37.1 Å². The van der Waals surface area contributed by atoms with Crippen LogP contribution in [0.15, 0.2) is 54.6 Å². The van der Waals surface area contributed by atoms with Gasteiger partial charge in [0.2, 0.25) is 0 Å². The van der Waals surface area contributed by atoms with E-state index in [1.807, 2.05) is 68.4 Å². The van der Waals surface area contributed by atoms with Gasteiger partial charge in [-0.3, -0.25) is 0 Å². The Morgan fingerprint density at radius 3 is 2.29 bits per heavy atom. The van der Waals surface area contributed by atoms with Gasteiger partial charge in [-0.25, -0.2) is 0 Å². The molecule has 2 saturated heterocycles. The van der Waals surface area contributed by atoms with Crippen molar-refractivity contribution in [1.29, 1.82) is 0 Å². The zero-order chi connectivity index (χ0) is 24.0. The summed E-state index contributed by atoms with van der Waals surface area (Å²) in [6.07, 6.45) is 0.586. The lowest BCUT2D eigenvalue weighted by Crippen LogP contribution is -2.48. The van der Waals surface area contributed by atoms with Crippen molar-refractivity contribution in [2.45, 2.75) is 69.6 Å². The summed E-state index contributed by atoms with van der Waals surface area (Å²) in [5.74, 6) is 0.127. The lowest BCUT2D eigenvalue weighted by Gasteiger charge is -2.36. The van der Waals surface area contributed by atoms with E-state index >= 15 is 0 Å². The predicted molar refractivity (Wildman–Crippen MR) is 125 cm³/mol. The van der Waals surface area contributed by atoms with Gasteiger partial charge in [-0.2, -0.15) is 0 Å². The van der Waals surface area contributed by atoms with Crippen LogP contribution in [0.3, 0.4) is 0 Å². The number of carbonyl (C=O) groups is 1. The maximum Gasteiger partial charge on any atom is 0.163 e. The molecule has 2 aliphatic rings. The van der Waals surface area contributed by atoms with Crippen molar-refractivity contribution in [2.24, 2.45) is 0 Å². The van der Waals surface area contributed by atoms with E-state index in [0.717, 1.165) is 23.2 Å². The maximum absolute atomic E-state index is 11.8. The Morgan fingerprint density at radius 1 is 0.941 bits per heavy atom. The fraction of sp³-hybridized carbons (Fsp3) is 0.519. The number of aldehydes is 1. The monoisotopic (exact) mass is 470 g/mol. The number of benzene rings is 2. The molecule has 34 heavy (non-hydrogen) atoms. The van der Waals surface area contributed by atoms with Crippen molar-refractivity contribution in [3.63, 3.8) is 0 Å². The van der Waals surface area contributed by atoms with Crippen molar-refractivity contribution < 1.29 is 33.2 Å². The Balaban J connectivity index is 1.52. The Kier molecular flexibility index (Phi) is 8.01. The van der Waals surface area contributed by atoms with Crippen LogP contribution in [0, 0.1) is 0 Å². The van der Waals surface area contributed by atoms with Crippen LogP contribution in [0.25, 0.3) is 0 Å². The molecule has 2 aromatic carbocycles. The molecule has 0 aromatic heterocycles. The summed E-state index contributed by atoms with van der Waals surface area (Å²) in [5, 5.41) is 0. The third kappa shape index (κ3) is 6.03. The molecule has 7 nitrogen and oxygen atoms in total. The minimum absolute atomic E-state index is 0.186. The molecule has 0 amide bonds. The van der Waals surface area contributed by atoms with Crippen molar-refractivity contribution >= 4 is 6.29 Å². The Morgan fingerprint density at radius 2 is 1.65 bits per heavy atom. The summed E-state index contributed by atoms with van der Waals surface area (Å²) in [6.45, 7) is 5.35. The summed E-state index contributed by atoms with van der Waals surface area (Å²) >= 11 is 0. The molecule has 0 bridgehead atoms. The van der Waals surface area contributed by atoms with Crippen molar-refractivity contribution in [3.8, 4) is 5.75 Å². The van der Waals surface area contributed by atoms with Gasteiger partial charge in [0, 0.05) is 12.8 Å². The third-order valence-corrected chi connectivity index (χ3v) is 6.36. The van der Waals surface area contributed by atoms with E-state index in [2.05, 4.69) is 0 Å². The molecule has 2 heterocycles. The number of carbonyl (C=O) groups excluding carboxylic acids is 1. The van der Waals surface area contributed by atoms with Crippen LogP contribution in [0.2, 0.25) is 0 Å². The van der Waals surface area contributed by atoms with E-state index < -0.39 is 17.5 Å². The lowest BCUT2D eigenvalue weighted by molar-refractivity contribution is -0.161. The minimum Gasteiger partial charge on any atom is -0.497 e. The quantitative estimate of drug-likeness (QED) is 0.459. The standard InChI is InChI=1S/C27H34O7/c1-26(2)32-18-23(34-26)15-27(13-14-28)25(31-17-21-9-11-22(29-3)12-10-21)24(19-33-27)30-16-20-7-5-4-6-8-20/h4-12,14,23-25H,13,15-19H2,1-3H3. The van der Waals surface area contributed by atoms with Crippen LogP contribution < -0.4 is 4.74 Å². The molecule has 0 aliphatic carbocycles. The fourth-order valence-corrected chi connectivity index (χ4v) is 4.66. The smallest absolute Gasteiger partial charge is 0.163 e. The van der Waals surface area contributed by atoms with Crippen LogP contribution in [-0.4, -0.2) is 56.3 Å². The number of rotatable bonds is 11. The fourth-order valence-electron chi connectivity index (χ4n) is 4.66. The highest BCUT2D eigenvalue weighted by molar-refractivity contribution is 5.52. The highest BCUT2D eigenvalue weighted by Gasteiger charge is 2.53. The van der Waals surface area contributed by atoms with E-state index in [9.17, 15) is 4.79 Å². The first-order valence-corrected chi connectivity index (χ1v) is 11.7. The summed E-state index contributed by atoms with van der Waals surface area (Å²) in [5.41, 5.74) is 1.21. The zero-order valence-corrected chi connectivity index (χ0v) is 20.1. The maximum atomic E-state index is 11.8. The number of hydrogen-bond acceptors (Lipinski definition) is 7. The molecule has 184 valence electrons. The molecule has 2 aliphatic heterocycles. The summed E-state index contributed by atoms with van der Waals surface area (Å²) < 4.78 is 36.1. The molecular weight excluding hydrogens is 436 g/mol. The lowest BCUT2D eigenvalue weighted by atomic mass is 9.86. The number of ether oxygens (including phenoxy) is 6. The van der Waals surface area contributed by atoms with Gasteiger partial charge in [0.15, 0.2) is 5.79 Å². The van der Waals surface area contributed by atoms with E-state index in [-0.39, 0.29) is 18.6 Å². The summed E-state index contributed by atoms with van der Waals surface area (Å²) in [4.78, 5) is 11.8. The molecule has 4 unspecified atom stereocenters. The Hall–Kier alpha value is -2.29. The van der Waals surface area contributed by atoms with Gasteiger partial charge in [0.25, 0.3) is 0 Å². The minimum atomic E-state index is -0.857. The van der Waals surface area contributed by atoms with Gasteiger partial charge in [-0.1, -0.05) is 42.5 Å². The van der Waals surface area contributed by atoms with Gasteiger partial charge in [0.05, 0.1) is 39.6 Å². The number of hydrogen-bond donors (Lipinski definition) is 0. The van der Waals surface area contributed by atoms with E-state index in [1.165, 1.54) is 0 Å². The molecule has 0 radical (unpaired) electrons. The normalized spacial score (nSPS) is 28.1. The average Bonchev–Trinajstić information content (AvgIpc) is 3.36. The van der Waals surface area contributed by atoms with E-state index in [1.54, 1.807) is 7.11 Å². The second-order valence-electron chi connectivity index (χ2n) is 9.32. The van der Waals surface area contributed by atoms with Crippen LogP contribution >= 0.6 is 0 Å². The molecule has 2 fully saturated rings. The van der Waals surface area contributed by atoms with Gasteiger partial charge < -0.3 is 33.2 Å². The molecule has 0 N–H and O–H groups in total. The summed E-state index contributed by atoms with van der Waals surface area (Å²) in [7, 11) is 1.64. The highest BCUT2D eigenvalue weighted by Crippen LogP contribution is 2.40. The Labute approximate surface area is 201 Å². The first-order valence-electron chi connectivity index (χ1n) is 11.7. The van der Waals surface area contributed by atoms with Crippen LogP contribution in [0.5, 0.6) is 5.75 Å². The first-order chi connectivity index (χ1) is 16.4. The molecule has 0 spiro atoms. The molecule has 0 saturated carbocycles. The zero-order valence-electron chi connectivity index (χ0n) is 20.1. The Bertz CT molecular complexity index is 914. The molecule has 2 aromatic rings.